The number of fused-ring (bicyclic) bond motifs is 5. The second-order valence-corrected chi connectivity index (χ2v) is 5.00. The van der Waals surface area contributed by atoms with Crippen molar-refractivity contribution in [2.75, 3.05) is 13.2 Å². The maximum absolute atomic E-state index is 5.95. The second-order valence-electron chi connectivity index (χ2n) is 5.00. The monoisotopic (exact) mass is 220 g/mol. The van der Waals surface area contributed by atoms with Crippen molar-refractivity contribution in [1.29, 1.82) is 0 Å². The molecule has 1 fully saturated rings. The Bertz CT molecular complexity index is 326. The molecular weight excluding hydrogens is 200 g/mol. The van der Waals surface area contributed by atoms with Crippen LogP contribution in [0, 0.1) is 23.7 Å². The molecule has 2 heteroatoms. The number of rotatable bonds is 4. The van der Waals surface area contributed by atoms with Gasteiger partial charge in [0.05, 0.1) is 0 Å². The highest BCUT2D eigenvalue weighted by Gasteiger charge is 2.57. The van der Waals surface area contributed by atoms with Gasteiger partial charge in [-0.3, -0.25) is 0 Å². The van der Waals surface area contributed by atoms with Crippen LogP contribution in [0.25, 0.3) is 0 Å². The number of hydrogen-bond donors (Lipinski definition) is 0. The third-order valence-electron chi connectivity index (χ3n) is 4.28. The van der Waals surface area contributed by atoms with Gasteiger partial charge < -0.3 is 9.47 Å². The van der Waals surface area contributed by atoms with Crippen molar-refractivity contribution in [2.24, 2.45) is 23.7 Å². The minimum Gasteiger partial charge on any atom is -0.346 e. The lowest BCUT2D eigenvalue weighted by Crippen LogP contribution is -2.43. The molecule has 0 aromatic rings. The SMILES string of the molecule is CCOC1(OCC)C=CC2C3C=CC(C3)C21. The topological polar surface area (TPSA) is 18.5 Å². The molecule has 4 unspecified atom stereocenters. The number of hydrogen-bond acceptors (Lipinski definition) is 2. The molecule has 2 nitrogen and oxygen atoms in total. The summed E-state index contributed by atoms with van der Waals surface area (Å²) in [5.41, 5.74) is 0. The average molecular weight is 220 g/mol. The van der Waals surface area contributed by atoms with E-state index in [1.165, 1.54) is 6.42 Å². The van der Waals surface area contributed by atoms with E-state index in [1.807, 2.05) is 13.8 Å². The largest absolute Gasteiger partial charge is 0.346 e. The third-order valence-corrected chi connectivity index (χ3v) is 4.28. The number of ether oxygens (including phenoxy) is 2. The maximum Gasteiger partial charge on any atom is 0.191 e. The summed E-state index contributed by atoms with van der Waals surface area (Å²) in [7, 11) is 0. The first kappa shape index (κ1) is 10.5. The molecule has 0 aromatic heterocycles. The van der Waals surface area contributed by atoms with Crippen LogP contribution >= 0.6 is 0 Å². The molecule has 0 N–H and O–H groups in total. The predicted molar refractivity (Wildman–Crippen MR) is 62.8 cm³/mol. The second kappa shape index (κ2) is 3.71. The number of allylic oxidation sites excluding steroid dienone is 3. The summed E-state index contributed by atoms with van der Waals surface area (Å²) in [5, 5.41) is 0. The van der Waals surface area contributed by atoms with Crippen molar-refractivity contribution in [2.45, 2.75) is 26.1 Å². The van der Waals surface area contributed by atoms with Crippen molar-refractivity contribution < 1.29 is 9.47 Å². The van der Waals surface area contributed by atoms with Gasteiger partial charge in [0.25, 0.3) is 0 Å². The molecule has 3 rings (SSSR count). The highest BCUT2D eigenvalue weighted by atomic mass is 16.7. The fourth-order valence-corrected chi connectivity index (χ4v) is 3.83. The van der Waals surface area contributed by atoms with E-state index >= 15 is 0 Å². The summed E-state index contributed by atoms with van der Waals surface area (Å²) >= 11 is 0. The Kier molecular flexibility index (Phi) is 2.45. The third kappa shape index (κ3) is 1.26. The molecule has 0 saturated heterocycles. The maximum atomic E-state index is 5.95. The summed E-state index contributed by atoms with van der Waals surface area (Å²) in [5.74, 6) is 2.12. The normalized spacial score (nSPS) is 41.9. The summed E-state index contributed by atoms with van der Waals surface area (Å²) in [4.78, 5) is 0. The van der Waals surface area contributed by atoms with Crippen LogP contribution in [0.1, 0.15) is 20.3 Å². The Balaban J connectivity index is 1.90. The lowest BCUT2D eigenvalue weighted by atomic mass is 9.82. The van der Waals surface area contributed by atoms with Crippen LogP contribution in [-0.2, 0) is 9.47 Å². The summed E-state index contributed by atoms with van der Waals surface area (Å²) in [6.07, 6.45) is 10.5. The molecule has 88 valence electrons. The fourth-order valence-electron chi connectivity index (χ4n) is 3.83. The predicted octanol–water partition coefficient (Wildman–Crippen LogP) is 2.76. The molecular formula is C14H20O2. The zero-order valence-electron chi connectivity index (χ0n) is 10.1. The Labute approximate surface area is 97.3 Å². The molecule has 0 heterocycles. The molecule has 4 atom stereocenters. The molecule has 0 radical (unpaired) electrons. The van der Waals surface area contributed by atoms with E-state index in [1.54, 1.807) is 0 Å². The van der Waals surface area contributed by atoms with Gasteiger partial charge in [0.2, 0.25) is 0 Å². The van der Waals surface area contributed by atoms with Crippen LogP contribution in [0.15, 0.2) is 24.3 Å². The van der Waals surface area contributed by atoms with E-state index < -0.39 is 5.79 Å². The zero-order chi connectivity index (χ0) is 11.2. The van der Waals surface area contributed by atoms with Crippen molar-refractivity contribution in [3.05, 3.63) is 24.3 Å². The van der Waals surface area contributed by atoms with Gasteiger partial charge in [0, 0.05) is 19.1 Å². The van der Waals surface area contributed by atoms with Gasteiger partial charge in [-0.1, -0.05) is 18.2 Å². The van der Waals surface area contributed by atoms with Crippen LogP contribution in [0.4, 0.5) is 0 Å². The molecule has 0 amide bonds. The zero-order valence-corrected chi connectivity index (χ0v) is 10.1. The van der Waals surface area contributed by atoms with Gasteiger partial charge in [0.1, 0.15) is 0 Å². The summed E-state index contributed by atoms with van der Waals surface area (Å²) in [6, 6.07) is 0. The van der Waals surface area contributed by atoms with Gasteiger partial charge in [0.15, 0.2) is 5.79 Å². The van der Waals surface area contributed by atoms with E-state index in [4.69, 9.17) is 9.47 Å². The Hall–Kier alpha value is -0.600. The van der Waals surface area contributed by atoms with Gasteiger partial charge >= 0.3 is 0 Å². The minimum atomic E-state index is -0.432. The average Bonchev–Trinajstić information content (AvgIpc) is 2.92. The van der Waals surface area contributed by atoms with E-state index in [0.29, 0.717) is 31.0 Å². The van der Waals surface area contributed by atoms with Crippen molar-refractivity contribution >= 4 is 0 Å². The fraction of sp³-hybridized carbons (Fsp3) is 0.714. The minimum absolute atomic E-state index is 0.432. The van der Waals surface area contributed by atoms with Gasteiger partial charge in [-0.2, -0.15) is 0 Å². The molecule has 0 spiro atoms. The lowest BCUT2D eigenvalue weighted by molar-refractivity contribution is -0.233. The van der Waals surface area contributed by atoms with Crippen LogP contribution < -0.4 is 0 Å². The van der Waals surface area contributed by atoms with Crippen molar-refractivity contribution in [1.82, 2.24) is 0 Å². The van der Waals surface area contributed by atoms with Crippen LogP contribution in [0.2, 0.25) is 0 Å². The first-order chi connectivity index (χ1) is 7.80. The highest BCUT2D eigenvalue weighted by Crippen LogP contribution is 2.57. The molecule has 3 aliphatic carbocycles. The Morgan fingerprint density at radius 3 is 2.44 bits per heavy atom. The first-order valence-electron chi connectivity index (χ1n) is 6.46. The van der Waals surface area contributed by atoms with Crippen LogP contribution in [0.5, 0.6) is 0 Å². The Morgan fingerprint density at radius 1 is 1.06 bits per heavy atom. The molecule has 1 saturated carbocycles. The van der Waals surface area contributed by atoms with Crippen molar-refractivity contribution in [3.63, 3.8) is 0 Å². The summed E-state index contributed by atoms with van der Waals surface area (Å²) < 4.78 is 11.9. The first-order valence-corrected chi connectivity index (χ1v) is 6.46. The molecule has 0 aromatic carbocycles. The molecule has 3 aliphatic rings. The molecule has 0 aliphatic heterocycles. The van der Waals surface area contributed by atoms with Gasteiger partial charge in [-0.05, 0) is 44.1 Å². The van der Waals surface area contributed by atoms with E-state index in [-0.39, 0.29) is 0 Å². The van der Waals surface area contributed by atoms with Crippen LogP contribution in [-0.4, -0.2) is 19.0 Å². The van der Waals surface area contributed by atoms with E-state index in [0.717, 1.165) is 5.92 Å². The van der Waals surface area contributed by atoms with Gasteiger partial charge in [-0.25, -0.2) is 0 Å². The standard InChI is InChI=1S/C14H20O2/c1-3-15-14(16-4-2)8-7-12-10-5-6-11(9-10)13(12)14/h5-8,10-13H,3-4,9H2,1-2H3. The van der Waals surface area contributed by atoms with E-state index in [9.17, 15) is 0 Å². The quantitative estimate of drug-likeness (QED) is 0.536. The van der Waals surface area contributed by atoms with Crippen molar-refractivity contribution in [3.8, 4) is 0 Å². The highest BCUT2D eigenvalue weighted by molar-refractivity contribution is 5.27. The van der Waals surface area contributed by atoms with Gasteiger partial charge in [-0.15, -0.1) is 0 Å². The van der Waals surface area contributed by atoms with E-state index in [2.05, 4.69) is 24.3 Å². The van der Waals surface area contributed by atoms with Crippen LogP contribution in [0.3, 0.4) is 0 Å². The molecule has 16 heavy (non-hydrogen) atoms. The Morgan fingerprint density at radius 2 is 1.75 bits per heavy atom. The smallest absolute Gasteiger partial charge is 0.191 e. The summed E-state index contributed by atoms with van der Waals surface area (Å²) in [6.45, 7) is 5.53. The molecule has 2 bridgehead atoms. The lowest BCUT2D eigenvalue weighted by Gasteiger charge is -2.37.